The number of methoxy groups -OCH3 is 1. The second kappa shape index (κ2) is 7.00. The van der Waals surface area contributed by atoms with Gasteiger partial charge in [-0.15, -0.1) is 0 Å². The second-order valence-electron chi connectivity index (χ2n) is 4.45. The summed E-state index contributed by atoms with van der Waals surface area (Å²) in [5.41, 5.74) is 2.19. The Morgan fingerprint density at radius 1 is 1.26 bits per heavy atom. The topological polar surface area (TPSA) is 75.6 Å². The number of sulfonamides is 1. The molecular weight excluding hydrogens is 266 g/mol. The zero-order valence-corrected chi connectivity index (χ0v) is 12.4. The van der Waals surface area contributed by atoms with E-state index in [1.165, 1.54) is 6.07 Å². The lowest BCUT2D eigenvalue weighted by Crippen LogP contribution is -2.26. The Bertz CT molecular complexity index is 526. The molecule has 0 heterocycles. The predicted molar refractivity (Wildman–Crippen MR) is 73.5 cm³/mol. The van der Waals surface area contributed by atoms with Gasteiger partial charge in [-0.25, -0.2) is 13.1 Å². The second-order valence-corrected chi connectivity index (χ2v) is 6.18. The van der Waals surface area contributed by atoms with Crippen LogP contribution in [0.3, 0.4) is 0 Å². The van der Waals surface area contributed by atoms with Crippen LogP contribution in [0, 0.1) is 13.8 Å². The lowest BCUT2D eigenvalue weighted by atomic mass is 10.1. The molecule has 0 aliphatic heterocycles. The SMILES string of the molecule is COCCCNS(=O)(=O)c1cc(CO)c(C)cc1C. The summed E-state index contributed by atoms with van der Waals surface area (Å²) in [6.07, 6.45) is 0.619. The predicted octanol–water partition coefficient (Wildman–Crippen LogP) is 1.11. The Kier molecular flexibility index (Phi) is 5.93. The molecule has 0 saturated heterocycles. The molecule has 0 spiro atoms. The summed E-state index contributed by atoms with van der Waals surface area (Å²) < 4.78 is 31.7. The number of nitrogens with one attached hydrogen (secondary N) is 1. The van der Waals surface area contributed by atoms with Gasteiger partial charge in [-0.3, -0.25) is 0 Å². The Morgan fingerprint density at radius 3 is 2.53 bits per heavy atom. The van der Waals surface area contributed by atoms with Crippen LogP contribution in [0.2, 0.25) is 0 Å². The van der Waals surface area contributed by atoms with Gasteiger partial charge >= 0.3 is 0 Å². The smallest absolute Gasteiger partial charge is 0.240 e. The standard InChI is InChI=1S/C13H21NO4S/c1-10-7-11(2)13(8-12(10)9-15)19(16,17)14-5-4-6-18-3/h7-8,14-15H,4-6,9H2,1-3H3. The number of rotatable bonds is 7. The highest BCUT2D eigenvalue weighted by Gasteiger charge is 2.17. The summed E-state index contributed by atoms with van der Waals surface area (Å²) in [7, 11) is -1.96. The molecule has 5 nitrogen and oxygen atoms in total. The van der Waals surface area contributed by atoms with Crippen molar-refractivity contribution in [1.82, 2.24) is 4.72 Å². The van der Waals surface area contributed by atoms with Crippen LogP contribution in [0.15, 0.2) is 17.0 Å². The highest BCUT2D eigenvalue weighted by atomic mass is 32.2. The van der Waals surface area contributed by atoms with E-state index in [4.69, 9.17) is 4.74 Å². The molecule has 6 heteroatoms. The third kappa shape index (κ3) is 4.28. The first-order chi connectivity index (χ1) is 8.92. The molecule has 1 rings (SSSR count). The molecule has 0 bridgehead atoms. The first-order valence-electron chi connectivity index (χ1n) is 6.12. The normalized spacial score (nSPS) is 11.8. The number of aliphatic hydroxyl groups excluding tert-OH is 1. The molecule has 0 atom stereocenters. The Hall–Kier alpha value is -0.950. The van der Waals surface area contributed by atoms with E-state index in [1.807, 2.05) is 6.92 Å². The molecule has 0 aliphatic carbocycles. The monoisotopic (exact) mass is 287 g/mol. The molecule has 108 valence electrons. The van der Waals surface area contributed by atoms with Crippen LogP contribution in [-0.4, -0.2) is 33.8 Å². The van der Waals surface area contributed by atoms with Crippen molar-refractivity contribution in [3.05, 3.63) is 28.8 Å². The molecule has 0 saturated carbocycles. The molecule has 2 N–H and O–H groups in total. The van der Waals surface area contributed by atoms with Crippen LogP contribution in [-0.2, 0) is 21.4 Å². The summed E-state index contributed by atoms with van der Waals surface area (Å²) in [5.74, 6) is 0. The zero-order valence-electron chi connectivity index (χ0n) is 11.6. The summed E-state index contributed by atoms with van der Waals surface area (Å²) >= 11 is 0. The van der Waals surface area contributed by atoms with Crippen molar-refractivity contribution in [1.29, 1.82) is 0 Å². The van der Waals surface area contributed by atoms with Gasteiger partial charge in [0.2, 0.25) is 10.0 Å². The molecular formula is C13H21NO4S. The molecule has 19 heavy (non-hydrogen) atoms. The van der Waals surface area contributed by atoms with Gasteiger partial charge in [0.25, 0.3) is 0 Å². The van der Waals surface area contributed by atoms with Gasteiger partial charge in [-0.05, 0) is 43.0 Å². The first kappa shape index (κ1) is 16.1. The fourth-order valence-electron chi connectivity index (χ4n) is 1.84. The van der Waals surface area contributed by atoms with Crippen LogP contribution in [0.1, 0.15) is 23.1 Å². The van der Waals surface area contributed by atoms with Crippen molar-refractivity contribution in [2.75, 3.05) is 20.3 Å². The number of aryl methyl sites for hydroxylation is 2. The van der Waals surface area contributed by atoms with Gasteiger partial charge in [0.05, 0.1) is 11.5 Å². The maximum absolute atomic E-state index is 12.2. The maximum atomic E-state index is 12.2. The van der Waals surface area contributed by atoms with Crippen LogP contribution in [0.4, 0.5) is 0 Å². The molecule has 0 aromatic heterocycles. The molecule has 1 aromatic rings. The van der Waals surface area contributed by atoms with E-state index in [9.17, 15) is 13.5 Å². The number of aliphatic hydroxyl groups is 1. The highest BCUT2D eigenvalue weighted by molar-refractivity contribution is 7.89. The minimum atomic E-state index is -3.54. The van der Waals surface area contributed by atoms with Crippen molar-refractivity contribution in [3.63, 3.8) is 0 Å². The van der Waals surface area contributed by atoms with E-state index in [1.54, 1.807) is 20.1 Å². The van der Waals surface area contributed by atoms with Gasteiger partial charge in [0, 0.05) is 20.3 Å². The molecule has 0 unspecified atom stereocenters. The number of ether oxygens (including phenoxy) is 1. The minimum absolute atomic E-state index is 0.168. The fraction of sp³-hybridized carbons (Fsp3) is 0.538. The van der Waals surface area contributed by atoms with Gasteiger partial charge < -0.3 is 9.84 Å². The van der Waals surface area contributed by atoms with E-state index >= 15 is 0 Å². The van der Waals surface area contributed by atoms with Crippen molar-refractivity contribution in [2.45, 2.75) is 31.8 Å². The number of hydrogen-bond acceptors (Lipinski definition) is 4. The lowest BCUT2D eigenvalue weighted by Gasteiger charge is -2.12. The molecule has 0 fully saturated rings. The summed E-state index contributed by atoms with van der Waals surface area (Å²) in [5, 5.41) is 9.21. The highest BCUT2D eigenvalue weighted by Crippen LogP contribution is 2.20. The van der Waals surface area contributed by atoms with Crippen LogP contribution >= 0.6 is 0 Å². The van der Waals surface area contributed by atoms with E-state index in [2.05, 4.69) is 4.72 Å². The number of benzene rings is 1. The third-order valence-corrected chi connectivity index (χ3v) is 4.51. The molecule has 0 amide bonds. The Balaban J connectivity index is 2.94. The molecule has 0 radical (unpaired) electrons. The average molecular weight is 287 g/mol. The van der Waals surface area contributed by atoms with Crippen LogP contribution in [0.25, 0.3) is 0 Å². The Morgan fingerprint density at radius 2 is 1.95 bits per heavy atom. The summed E-state index contributed by atoms with van der Waals surface area (Å²) in [4.78, 5) is 0.222. The van der Waals surface area contributed by atoms with E-state index < -0.39 is 10.0 Å². The van der Waals surface area contributed by atoms with Crippen molar-refractivity contribution >= 4 is 10.0 Å². The van der Waals surface area contributed by atoms with Crippen molar-refractivity contribution in [3.8, 4) is 0 Å². The van der Waals surface area contributed by atoms with Crippen LogP contribution in [0.5, 0.6) is 0 Å². The minimum Gasteiger partial charge on any atom is -0.392 e. The lowest BCUT2D eigenvalue weighted by molar-refractivity contribution is 0.196. The van der Waals surface area contributed by atoms with Gasteiger partial charge in [-0.1, -0.05) is 6.07 Å². The third-order valence-electron chi connectivity index (χ3n) is 2.91. The van der Waals surface area contributed by atoms with Gasteiger partial charge in [-0.2, -0.15) is 0 Å². The fourth-order valence-corrected chi connectivity index (χ4v) is 3.18. The van der Waals surface area contributed by atoms with Crippen LogP contribution < -0.4 is 4.72 Å². The van der Waals surface area contributed by atoms with E-state index in [-0.39, 0.29) is 11.5 Å². The van der Waals surface area contributed by atoms with Crippen molar-refractivity contribution in [2.24, 2.45) is 0 Å². The largest absolute Gasteiger partial charge is 0.392 e. The molecule has 1 aromatic carbocycles. The first-order valence-corrected chi connectivity index (χ1v) is 7.60. The number of hydrogen-bond donors (Lipinski definition) is 2. The van der Waals surface area contributed by atoms with Crippen molar-refractivity contribution < 1.29 is 18.3 Å². The average Bonchev–Trinajstić information content (AvgIpc) is 2.34. The van der Waals surface area contributed by atoms with E-state index in [0.29, 0.717) is 30.7 Å². The maximum Gasteiger partial charge on any atom is 0.240 e. The zero-order chi connectivity index (χ0) is 14.5. The summed E-state index contributed by atoms with van der Waals surface area (Å²) in [6.45, 7) is 4.27. The quantitative estimate of drug-likeness (QED) is 0.737. The summed E-state index contributed by atoms with van der Waals surface area (Å²) in [6, 6.07) is 3.30. The molecule has 0 aliphatic rings. The Labute approximate surface area is 114 Å². The van der Waals surface area contributed by atoms with Gasteiger partial charge in [0.15, 0.2) is 0 Å². The van der Waals surface area contributed by atoms with Gasteiger partial charge in [0.1, 0.15) is 0 Å². The van der Waals surface area contributed by atoms with E-state index in [0.717, 1.165) is 5.56 Å².